The summed E-state index contributed by atoms with van der Waals surface area (Å²) in [6.45, 7) is 3.51. The molecule has 0 aliphatic heterocycles. The molecule has 1 atom stereocenters. The van der Waals surface area contributed by atoms with Gasteiger partial charge >= 0.3 is 0 Å². The zero-order valence-electron chi connectivity index (χ0n) is 14.4. The minimum absolute atomic E-state index is 0.0810. The zero-order chi connectivity index (χ0) is 19.1. The largest absolute Gasteiger partial charge is 0.508 e. The molecule has 0 heterocycles. The molecule has 0 radical (unpaired) electrons. The van der Waals surface area contributed by atoms with Gasteiger partial charge in [-0.25, -0.2) is 9.82 Å². The van der Waals surface area contributed by atoms with Gasteiger partial charge in [0.1, 0.15) is 17.6 Å². The molecule has 2 aromatic carbocycles. The zero-order valence-corrected chi connectivity index (χ0v) is 14.4. The van der Waals surface area contributed by atoms with Crippen LogP contribution in [0.15, 0.2) is 53.6 Å². The fraction of sp³-hybridized carbons (Fsp3) is 0.211. The first-order chi connectivity index (χ1) is 12.4. The van der Waals surface area contributed by atoms with Crippen LogP contribution in [0.25, 0.3) is 0 Å². The molecule has 0 saturated carbocycles. The first-order valence-corrected chi connectivity index (χ1v) is 8.06. The number of hydrogen-bond donors (Lipinski definition) is 3. The summed E-state index contributed by atoms with van der Waals surface area (Å²) in [5.74, 6) is -2.01. The second-order valence-corrected chi connectivity index (χ2v) is 6.00. The molecule has 26 heavy (non-hydrogen) atoms. The average Bonchev–Trinajstić information content (AvgIpc) is 2.59. The summed E-state index contributed by atoms with van der Waals surface area (Å²) in [4.78, 5) is 24.5. The summed E-state index contributed by atoms with van der Waals surface area (Å²) in [7, 11) is 0. The number of hydrogen-bond acceptors (Lipinski definition) is 4. The van der Waals surface area contributed by atoms with Crippen molar-refractivity contribution in [2.45, 2.75) is 19.9 Å². The van der Waals surface area contributed by atoms with Gasteiger partial charge in [0.05, 0.1) is 11.8 Å². The van der Waals surface area contributed by atoms with Gasteiger partial charge in [-0.2, -0.15) is 5.10 Å². The Labute approximate surface area is 150 Å². The van der Waals surface area contributed by atoms with Gasteiger partial charge in [0.2, 0.25) is 0 Å². The van der Waals surface area contributed by atoms with Crippen LogP contribution in [0.5, 0.6) is 5.75 Å². The van der Waals surface area contributed by atoms with Crippen molar-refractivity contribution in [3.05, 3.63) is 65.5 Å². The molecule has 0 aromatic heterocycles. The second kappa shape index (κ2) is 8.75. The Morgan fingerprint density at radius 3 is 2.54 bits per heavy atom. The number of benzene rings is 2. The molecule has 2 aromatic rings. The van der Waals surface area contributed by atoms with Crippen LogP contribution in [0.4, 0.5) is 4.39 Å². The van der Waals surface area contributed by atoms with Gasteiger partial charge in [-0.05, 0) is 35.7 Å². The van der Waals surface area contributed by atoms with E-state index in [9.17, 15) is 19.1 Å². The molecule has 6 nitrogen and oxygen atoms in total. The first kappa shape index (κ1) is 19.1. The lowest BCUT2D eigenvalue weighted by atomic mass is 10.0. The highest BCUT2D eigenvalue weighted by molar-refractivity contribution is 5.98. The van der Waals surface area contributed by atoms with E-state index >= 15 is 0 Å². The van der Waals surface area contributed by atoms with Gasteiger partial charge < -0.3 is 10.4 Å². The number of nitrogens with zero attached hydrogens (tertiary/aromatic N) is 1. The molecule has 1 unspecified atom stereocenters. The van der Waals surface area contributed by atoms with Gasteiger partial charge in [0.25, 0.3) is 11.8 Å². The van der Waals surface area contributed by atoms with Crippen LogP contribution < -0.4 is 10.7 Å². The Morgan fingerprint density at radius 2 is 1.88 bits per heavy atom. The summed E-state index contributed by atoms with van der Waals surface area (Å²) < 4.78 is 13.7. The first-order valence-electron chi connectivity index (χ1n) is 8.06. The van der Waals surface area contributed by atoms with Crippen LogP contribution in [-0.4, -0.2) is 29.2 Å². The van der Waals surface area contributed by atoms with Crippen molar-refractivity contribution in [1.82, 2.24) is 10.7 Å². The lowest BCUT2D eigenvalue weighted by Gasteiger charge is -2.20. The number of halogens is 1. The van der Waals surface area contributed by atoms with E-state index in [2.05, 4.69) is 15.8 Å². The molecule has 0 aliphatic rings. The fourth-order valence-corrected chi connectivity index (χ4v) is 2.24. The molecular weight excluding hydrogens is 337 g/mol. The lowest BCUT2D eigenvalue weighted by molar-refractivity contribution is -0.123. The van der Waals surface area contributed by atoms with Crippen molar-refractivity contribution in [3.63, 3.8) is 0 Å². The van der Waals surface area contributed by atoms with Gasteiger partial charge in [-0.3, -0.25) is 9.59 Å². The molecule has 0 aliphatic carbocycles. The molecule has 136 valence electrons. The smallest absolute Gasteiger partial charge is 0.262 e. The third-order valence-corrected chi connectivity index (χ3v) is 3.61. The van der Waals surface area contributed by atoms with Crippen molar-refractivity contribution in [3.8, 4) is 5.75 Å². The van der Waals surface area contributed by atoms with Gasteiger partial charge in [-0.15, -0.1) is 0 Å². The molecule has 3 N–H and O–H groups in total. The quantitative estimate of drug-likeness (QED) is 0.548. The van der Waals surface area contributed by atoms with Crippen molar-refractivity contribution in [2.75, 3.05) is 0 Å². The van der Waals surface area contributed by atoms with E-state index in [1.165, 1.54) is 36.5 Å². The molecule has 0 spiro atoms. The molecule has 0 fully saturated rings. The van der Waals surface area contributed by atoms with E-state index in [-0.39, 0.29) is 17.2 Å². The van der Waals surface area contributed by atoms with E-state index in [0.717, 1.165) is 0 Å². The number of phenols is 1. The van der Waals surface area contributed by atoms with Crippen LogP contribution in [-0.2, 0) is 4.79 Å². The van der Waals surface area contributed by atoms with Crippen molar-refractivity contribution >= 4 is 18.0 Å². The SMILES string of the molecule is CC(C)C(NC(=O)c1ccccc1F)C(=O)N/N=C/c1cccc(O)c1. The van der Waals surface area contributed by atoms with E-state index in [4.69, 9.17) is 0 Å². The van der Waals surface area contributed by atoms with Gasteiger partial charge in [0.15, 0.2) is 0 Å². The van der Waals surface area contributed by atoms with Crippen molar-refractivity contribution in [1.29, 1.82) is 0 Å². The Hall–Kier alpha value is -3.22. The molecule has 7 heteroatoms. The Balaban J connectivity index is 2.03. The number of nitrogens with one attached hydrogen (secondary N) is 2. The minimum Gasteiger partial charge on any atom is -0.508 e. The lowest BCUT2D eigenvalue weighted by Crippen LogP contribution is -2.48. The van der Waals surface area contributed by atoms with Crippen LogP contribution >= 0.6 is 0 Å². The second-order valence-electron chi connectivity index (χ2n) is 6.00. The normalized spacial score (nSPS) is 12.2. The summed E-state index contributed by atoms with van der Waals surface area (Å²) >= 11 is 0. The number of phenolic OH excluding ortho intramolecular Hbond substituents is 1. The molecule has 2 amide bonds. The highest BCUT2D eigenvalue weighted by Crippen LogP contribution is 2.10. The number of aromatic hydroxyl groups is 1. The Morgan fingerprint density at radius 1 is 1.15 bits per heavy atom. The predicted molar refractivity (Wildman–Crippen MR) is 96.3 cm³/mol. The topological polar surface area (TPSA) is 90.8 Å². The summed E-state index contributed by atoms with van der Waals surface area (Å²) in [5, 5.41) is 15.7. The Bertz CT molecular complexity index is 821. The number of carbonyl (C=O) groups excluding carboxylic acids is 2. The molecule has 2 rings (SSSR count). The summed E-state index contributed by atoms with van der Waals surface area (Å²) in [6, 6.07) is 11.0. The van der Waals surface area contributed by atoms with Crippen LogP contribution in [0.1, 0.15) is 29.8 Å². The van der Waals surface area contributed by atoms with E-state index < -0.39 is 23.7 Å². The number of rotatable bonds is 6. The van der Waals surface area contributed by atoms with Gasteiger partial charge in [0, 0.05) is 0 Å². The van der Waals surface area contributed by atoms with Crippen molar-refractivity contribution in [2.24, 2.45) is 11.0 Å². The van der Waals surface area contributed by atoms with Crippen LogP contribution in [0.2, 0.25) is 0 Å². The summed E-state index contributed by atoms with van der Waals surface area (Å²) in [5.41, 5.74) is 2.81. The highest BCUT2D eigenvalue weighted by atomic mass is 19.1. The maximum absolute atomic E-state index is 13.7. The predicted octanol–water partition coefficient (Wildman–Crippen LogP) is 2.44. The van der Waals surface area contributed by atoms with Crippen LogP contribution in [0, 0.1) is 11.7 Å². The monoisotopic (exact) mass is 357 g/mol. The summed E-state index contributed by atoms with van der Waals surface area (Å²) in [6.07, 6.45) is 1.37. The standard InChI is InChI=1S/C19H20FN3O3/c1-12(2)17(22-18(25)15-8-3-4-9-16(15)20)19(26)23-21-11-13-6-5-7-14(24)10-13/h3-12,17,24H,1-2H3,(H,22,25)(H,23,26)/b21-11+. The third-order valence-electron chi connectivity index (χ3n) is 3.61. The Kier molecular flexibility index (Phi) is 6.43. The average molecular weight is 357 g/mol. The van der Waals surface area contributed by atoms with Gasteiger partial charge in [-0.1, -0.05) is 38.1 Å². The van der Waals surface area contributed by atoms with E-state index in [0.29, 0.717) is 5.56 Å². The maximum atomic E-state index is 13.7. The fourth-order valence-electron chi connectivity index (χ4n) is 2.24. The number of hydrazone groups is 1. The third kappa shape index (κ3) is 5.14. The van der Waals surface area contributed by atoms with E-state index in [1.54, 1.807) is 32.0 Å². The molecule has 0 bridgehead atoms. The van der Waals surface area contributed by atoms with Crippen molar-refractivity contribution < 1.29 is 19.1 Å². The minimum atomic E-state index is -0.886. The highest BCUT2D eigenvalue weighted by Gasteiger charge is 2.25. The molecular formula is C19H20FN3O3. The van der Waals surface area contributed by atoms with E-state index in [1.807, 2.05) is 0 Å². The maximum Gasteiger partial charge on any atom is 0.262 e. The molecule has 0 saturated heterocycles. The number of amides is 2. The van der Waals surface area contributed by atoms with Crippen LogP contribution in [0.3, 0.4) is 0 Å². The number of carbonyl (C=O) groups is 2.